The van der Waals surface area contributed by atoms with E-state index >= 15 is 0 Å². The number of ether oxygens (including phenoxy) is 1. The summed E-state index contributed by atoms with van der Waals surface area (Å²) < 4.78 is 7.38. The number of pyridine rings is 1. The predicted molar refractivity (Wildman–Crippen MR) is 84.2 cm³/mol. The van der Waals surface area contributed by atoms with Gasteiger partial charge in [0.1, 0.15) is 11.4 Å². The molecule has 0 saturated carbocycles. The van der Waals surface area contributed by atoms with E-state index in [1.807, 2.05) is 12.3 Å². The summed E-state index contributed by atoms with van der Waals surface area (Å²) in [5, 5.41) is 0.600. The van der Waals surface area contributed by atoms with Crippen LogP contribution >= 0.6 is 11.6 Å². The third-order valence-electron chi connectivity index (χ3n) is 3.32. The number of fused-ring (bicyclic) bond motifs is 1. The number of hydrogen-bond acceptors (Lipinski definition) is 2. The molecule has 3 nitrogen and oxygen atoms in total. The van der Waals surface area contributed by atoms with E-state index in [4.69, 9.17) is 21.3 Å². The van der Waals surface area contributed by atoms with Gasteiger partial charge in [0.15, 0.2) is 0 Å². The van der Waals surface area contributed by atoms with Gasteiger partial charge in [-0.3, -0.25) is 0 Å². The summed E-state index contributed by atoms with van der Waals surface area (Å²) in [5.74, 6) is 0.657. The average molecular weight is 295 g/mol. The first-order chi connectivity index (χ1) is 9.05. The molecule has 20 heavy (non-hydrogen) atoms. The highest BCUT2D eigenvalue weighted by molar-refractivity contribution is 6.32. The molecule has 0 unspecified atom stereocenters. The van der Waals surface area contributed by atoms with Crippen LogP contribution in [0.5, 0.6) is 5.75 Å². The Morgan fingerprint density at radius 1 is 1.10 bits per heavy atom. The zero-order valence-electron chi connectivity index (χ0n) is 13.3. The van der Waals surface area contributed by atoms with Crippen molar-refractivity contribution >= 4 is 17.2 Å². The molecule has 2 rings (SSSR count). The average Bonchev–Trinajstić information content (AvgIpc) is 2.65. The smallest absolute Gasteiger partial charge is 0.142 e. The van der Waals surface area contributed by atoms with E-state index in [2.05, 4.69) is 45.9 Å². The Bertz CT molecular complexity index is 645. The summed E-state index contributed by atoms with van der Waals surface area (Å²) in [6.45, 7) is 13.1. The molecular formula is C16H23ClN2O. The highest BCUT2D eigenvalue weighted by Crippen LogP contribution is 2.36. The fourth-order valence-corrected chi connectivity index (χ4v) is 2.67. The molecule has 0 aliphatic carbocycles. The third-order valence-corrected chi connectivity index (χ3v) is 3.60. The van der Waals surface area contributed by atoms with Crippen molar-refractivity contribution in [3.8, 4) is 5.75 Å². The molecule has 0 amide bonds. The van der Waals surface area contributed by atoms with E-state index < -0.39 is 0 Å². The van der Waals surface area contributed by atoms with Gasteiger partial charge in [-0.1, -0.05) is 53.1 Å². The molecule has 0 radical (unpaired) electrons. The molecule has 0 aliphatic rings. The molecule has 2 aromatic heterocycles. The lowest BCUT2D eigenvalue weighted by Gasteiger charge is -2.25. The quantitative estimate of drug-likeness (QED) is 0.769. The highest BCUT2D eigenvalue weighted by Gasteiger charge is 2.30. The Kier molecular flexibility index (Phi) is 3.53. The van der Waals surface area contributed by atoms with Crippen LogP contribution in [0.3, 0.4) is 0 Å². The minimum atomic E-state index is -0.0195. The van der Waals surface area contributed by atoms with E-state index in [-0.39, 0.29) is 10.8 Å². The van der Waals surface area contributed by atoms with Crippen LogP contribution < -0.4 is 4.74 Å². The molecule has 0 aromatic carbocycles. The minimum absolute atomic E-state index is 0.0139. The van der Waals surface area contributed by atoms with Crippen LogP contribution in [0.4, 0.5) is 0 Å². The van der Waals surface area contributed by atoms with Gasteiger partial charge in [0, 0.05) is 23.1 Å². The summed E-state index contributed by atoms with van der Waals surface area (Å²) in [5.41, 5.74) is 3.15. The lowest BCUT2D eigenvalue weighted by molar-refractivity contribution is 0.414. The maximum atomic E-state index is 6.28. The molecule has 0 bridgehead atoms. The number of hydrogen-bond donors (Lipinski definition) is 0. The molecule has 0 aliphatic heterocycles. The lowest BCUT2D eigenvalue weighted by atomic mass is 9.82. The van der Waals surface area contributed by atoms with Gasteiger partial charge in [-0.15, -0.1) is 0 Å². The topological polar surface area (TPSA) is 26.5 Å². The maximum Gasteiger partial charge on any atom is 0.142 e. The monoisotopic (exact) mass is 294 g/mol. The van der Waals surface area contributed by atoms with Crippen LogP contribution in [0.2, 0.25) is 5.02 Å². The van der Waals surface area contributed by atoms with E-state index in [1.54, 1.807) is 7.11 Å². The van der Waals surface area contributed by atoms with Gasteiger partial charge < -0.3 is 9.14 Å². The van der Waals surface area contributed by atoms with Crippen molar-refractivity contribution in [2.24, 2.45) is 0 Å². The van der Waals surface area contributed by atoms with Crippen LogP contribution in [0, 0.1) is 0 Å². The Hall–Kier alpha value is -1.22. The second-order valence-corrected chi connectivity index (χ2v) is 7.63. The standard InChI is InChI=1S/C16H23ClN2O/c1-15(2,3)13-14(16(4,5)6)19-9-10(17)11(20-7)8-12(19)18-13/h8-9H,1-7H3. The minimum Gasteiger partial charge on any atom is -0.495 e. The van der Waals surface area contributed by atoms with E-state index in [0.29, 0.717) is 10.8 Å². The van der Waals surface area contributed by atoms with Crippen LogP contribution in [-0.4, -0.2) is 16.5 Å². The first kappa shape index (κ1) is 15.2. The van der Waals surface area contributed by atoms with Crippen LogP contribution in [0.1, 0.15) is 52.9 Å². The number of methoxy groups -OCH3 is 1. The SMILES string of the molecule is COc1cc2nc(C(C)(C)C)c(C(C)(C)C)n2cc1Cl. The van der Waals surface area contributed by atoms with Gasteiger partial charge in [0.2, 0.25) is 0 Å². The van der Waals surface area contributed by atoms with Gasteiger partial charge in [0.25, 0.3) is 0 Å². The normalized spacial score (nSPS) is 13.0. The Morgan fingerprint density at radius 3 is 2.15 bits per heavy atom. The molecule has 2 aromatic rings. The van der Waals surface area contributed by atoms with Crippen molar-refractivity contribution in [2.75, 3.05) is 7.11 Å². The molecule has 110 valence electrons. The summed E-state index contributed by atoms with van der Waals surface area (Å²) in [4.78, 5) is 4.82. The third kappa shape index (κ3) is 2.51. The summed E-state index contributed by atoms with van der Waals surface area (Å²) in [7, 11) is 1.62. The summed E-state index contributed by atoms with van der Waals surface area (Å²) >= 11 is 6.28. The van der Waals surface area contributed by atoms with E-state index in [9.17, 15) is 0 Å². The first-order valence-corrected chi connectivity index (χ1v) is 7.20. The van der Waals surface area contributed by atoms with Crippen molar-refractivity contribution in [3.05, 3.63) is 28.7 Å². The van der Waals surface area contributed by atoms with E-state index in [0.717, 1.165) is 11.3 Å². The Balaban J connectivity index is 2.87. The molecule has 4 heteroatoms. The molecular weight excluding hydrogens is 272 g/mol. The van der Waals surface area contributed by atoms with Gasteiger partial charge in [-0.25, -0.2) is 4.98 Å². The fraction of sp³-hybridized carbons (Fsp3) is 0.562. The zero-order valence-corrected chi connectivity index (χ0v) is 14.1. The fourth-order valence-electron chi connectivity index (χ4n) is 2.44. The number of halogens is 1. The molecule has 0 N–H and O–H groups in total. The number of aromatic nitrogens is 2. The number of rotatable bonds is 1. The maximum absolute atomic E-state index is 6.28. The van der Waals surface area contributed by atoms with Crippen molar-refractivity contribution in [1.29, 1.82) is 0 Å². The Labute approximate surface area is 125 Å². The number of imidazole rings is 1. The zero-order chi connectivity index (χ0) is 15.3. The van der Waals surface area contributed by atoms with Crippen molar-refractivity contribution < 1.29 is 4.74 Å². The summed E-state index contributed by atoms with van der Waals surface area (Å²) in [6, 6.07) is 1.90. The number of nitrogens with zero attached hydrogens (tertiary/aromatic N) is 2. The predicted octanol–water partition coefficient (Wildman–Crippen LogP) is 4.59. The molecule has 2 heterocycles. The van der Waals surface area contributed by atoms with Crippen LogP contribution in [-0.2, 0) is 10.8 Å². The van der Waals surface area contributed by atoms with Gasteiger partial charge in [-0.2, -0.15) is 0 Å². The van der Waals surface area contributed by atoms with Gasteiger partial charge in [-0.05, 0) is 0 Å². The first-order valence-electron chi connectivity index (χ1n) is 6.82. The van der Waals surface area contributed by atoms with Crippen molar-refractivity contribution in [3.63, 3.8) is 0 Å². The summed E-state index contributed by atoms with van der Waals surface area (Å²) in [6.07, 6.45) is 1.90. The largest absolute Gasteiger partial charge is 0.495 e. The van der Waals surface area contributed by atoms with Gasteiger partial charge in [0.05, 0.1) is 23.5 Å². The second-order valence-electron chi connectivity index (χ2n) is 7.23. The van der Waals surface area contributed by atoms with Gasteiger partial charge >= 0.3 is 0 Å². The van der Waals surface area contributed by atoms with E-state index in [1.165, 1.54) is 5.69 Å². The molecule has 0 saturated heterocycles. The van der Waals surface area contributed by atoms with Crippen LogP contribution in [0.25, 0.3) is 5.65 Å². The van der Waals surface area contributed by atoms with Crippen molar-refractivity contribution in [1.82, 2.24) is 9.38 Å². The molecule has 0 fully saturated rings. The second kappa shape index (κ2) is 4.66. The highest BCUT2D eigenvalue weighted by atomic mass is 35.5. The lowest BCUT2D eigenvalue weighted by Crippen LogP contribution is -2.23. The van der Waals surface area contributed by atoms with Crippen molar-refractivity contribution in [2.45, 2.75) is 52.4 Å². The Morgan fingerprint density at radius 2 is 1.70 bits per heavy atom. The van der Waals surface area contributed by atoms with Crippen LogP contribution in [0.15, 0.2) is 12.3 Å². The molecule has 0 spiro atoms. The molecule has 0 atom stereocenters.